The van der Waals surface area contributed by atoms with Gasteiger partial charge in [0.25, 0.3) is 0 Å². The van der Waals surface area contributed by atoms with Gasteiger partial charge in [-0.05, 0) is 60.4 Å². The zero-order valence-corrected chi connectivity index (χ0v) is 26.7. The van der Waals surface area contributed by atoms with Gasteiger partial charge in [0.1, 0.15) is 18.3 Å². The van der Waals surface area contributed by atoms with Crippen molar-refractivity contribution in [1.82, 2.24) is 10.2 Å². The van der Waals surface area contributed by atoms with Crippen LogP contribution in [0.15, 0.2) is 72.8 Å². The first-order valence-corrected chi connectivity index (χ1v) is 16.8. The summed E-state index contributed by atoms with van der Waals surface area (Å²) in [5, 5.41) is 3.95. The number of hydrogen-bond acceptors (Lipinski definition) is 5. The van der Waals surface area contributed by atoms with Gasteiger partial charge in [-0.15, -0.1) is 0 Å². The predicted molar refractivity (Wildman–Crippen MR) is 171 cm³/mol. The van der Waals surface area contributed by atoms with Gasteiger partial charge in [-0.2, -0.15) is 0 Å². The van der Waals surface area contributed by atoms with Gasteiger partial charge >= 0.3 is 0 Å². The number of halogens is 2. The molecule has 0 spiro atoms. The van der Waals surface area contributed by atoms with Crippen LogP contribution in [0, 0.1) is 0 Å². The second-order valence-corrected chi connectivity index (χ2v) is 13.5. The molecule has 2 amide bonds. The molecule has 3 aromatic rings. The summed E-state index contributed by atoms with van der Waals surface area (Å²) in [6.45, 7) is -0.539. The van der Waals surface area contributed by atoms with Gasteiger partial charge < -0.3 is 15.0 Å². The quantitative estimate of drug-likeness (QED) is 0.266. The van der Waals surface area contributed by atoms with Crippen molar-refractivity contribution in [3.63, 3.8) is 0 Å². The third-order valence-corrected chi connectivity index (χ3v) is 9.35. The minimum absolute atomic E-state index is 0.0161. The van der Waals surface area contributed by atoms with E-state index in [1.54, 1.807) is 42.5 Å². The molecule has 1 aliphatic carbocycles. The third kappa shape index (κ3) is 9.11. The predicted octanol–water partition coefficient (Wildman–Crippen LogP) is 5.86. The molecule has 4 rings (SSSR count). The Labute approximate surface area is 264 Å². The van der Waals surface area contributed by atoms with Gasteiger partial charge in [0, 0.05) is 29.1 Å². The van der Waals surface area contributed by atoms with E-state index in [-0.39, 0.29) is 24.9 Å². The number of ether oxygens (including phenoxy) is 1. The van der Waals surface area contributed by atoms with Gasteiger partial charge in [-0.25, -0.2) is 8.42 Å². The number of amides is 2. The molecule has 0 heterocycles. The smallest absolute Gasteiger partial charge is 0.244 e. The molecule has 1 atom stereocenters. The molecule has 43 heavy (non-hydrogen) atoms. The molecule has 11 heteroatoms. The van der Waals surface area contributed by atoms with Crippen molar-refractivity contribution in [3.05, 3.63) is 94.0 Å². The summed E-state index contributed by atoms with van der Waals surface area (Å²) in [6, 6.07) is 19.9. The van der Waals surface area contributed by atoms with Crippen molar-refractivity contribution in [2.24, 2.45) is 0 Å². The van der Waals surface area contributed by atoms with Gasteiger partial charge in [-0.3, -0.25) is 13.9 Å². The Bertz CT molecular complexity index is 1500. The van der Waals surface area contributed by atoms with Crippen LogP contribution in [0.1, 0.15) is 43.2 Å². The molecule has 1 N–H and O–H groups in total. The number of nitrogens with one attached hydrogen (secondary N) is 1. The van der Waals surface area contributed by atoms with Crippen LogP contribution in [-0.4, -0.2) is 57.1 Å². The molecule has 0 radical (unpaired) electrons. The largest absolute Gasteiger partial charge is 0.497 e. The van der Waals surface area contributed by atoms with E-state index < -0.39 is 28.5 Å². The summed E-state index contributed by atoms with van der Waals surface area (Å²) in [4.78, 5) is 29.7. The highest BCUT2D eigenvalue weighted by Gasteiger charge is 2.34. The first-order valence-electron chi connectivity index (χ1n) is 14.2. The minimum atomic E-state index is -3.88. The van der Waals surface area contributed by atoms with Crippen molar-refractivity contribution in [2.45, 2.75) is 57.2 Å². The van der Waals surface area contributed by atoms with Crippen LogP contribution in [0.4, 0.5) is 5.69 Å². The number of sulfonamides is 1. The second-order valence-electron chi connectivity index (χ2n) is 10.8. The number of carbonyl (C=O) groups is 2. The molecule has 3 aromatic carbocycles. The molecule has 230 valence electrons. The topological polar surface area (TPSA) is 96.0 Å². The molecule has 1 aliphatic rings. The van der Waals surface area contributed by atoms with E-state index in [2.05, 4.69) is 5.32 Å². The zero-order valence-electron chi connectivity index (χ0n) is 24.3. The monoisotopic (exact) mass is 645 g/mol. The number of methoxy groups -OCH3 is 1. The highest BCUT2D eigenvalue weighted by atomic mass is 35.5. The van der Waals surface area contributed by atoms with Crippen LogP contribution in [0.5, 0.6) is 5.75 Å². The van der Waals surface area contributed by atoms with Crippen LogP contribution < -0.4 is 14.4 Å². The Hall–Kier alpha value is -3.27. The van der Waals surface area contributed by atoms with Crippen LogP contribution in [-0.2, 0) is 32.6 Å². The summed E-state index contributed by atoms with van der Waals surface area (Å²) < 4.78 is 32.2. The Morgan fingerprint density at radius 3 is 2.26 bits per heavy atom. The Kier molecular flexibility index (Phi) is 11.3. The number of carbonyl (C=O) groups excluding carboxylic acids is 2. The minimum Gasteiger partial charge on any atom is -0.497 e. The summed E-state index contributed by atoms with van der Waals surface area (Å²) in [5.74, 6) is -0.290. The standard InChI is InChI=1S/C32H37Cl2N3O5S/c1-42-28-17-15-27(16-18-28)37(43(2,40)41)22-31(38)36(21-24-13-14-25(33)20-29(24)34)30(19-23-9-5-3-6-10-23)32(39)35-26-11-7-4-8-12-26/h3,5-6,9-10,13-18,20,26,30H,4,7-8,11-12,19,21-22H2,1-2H3,(H,35,39)/t30-/m0/s1. The lowest BCUT2D eigenvalue weighted by Crippen LogP contribution is -2.55. The van der Waals surface area contributed by atoms with Crippen molar-refractivity contribution in [1.29, 1.82) is 0 Å². The average Bonchev–Trinajstić information content (AvgIpc) is 2.99. The summed E-state index contributed by atoms with van der Waals surface area (Å²) in [6.07, 6.45) is 6.22. The number of nitrogens with zero attached hydrogens (tertiary/aromatic N) is 2. The van der Waals surface area contributed by atoms with Crippen LogP contribution in [0.3, 0.4) is 0 Å². The first kappa shape index (κ1) is 32.6. The number of rotatable bonds is 12. The molecule has 0 aliphatic heterocycles. The number of anilines is 1. The van der Waals surface area contributed by atoms with E-state index in [0.717, 1.165) is 48.2 Å². The van der Waals surface area contributed by atoms with E-state index in [1.165, 1.54) is 12.0 Å². The molecule has 1 fully saturated rings. The van der Waals surface area contributed by atoms with Gasteiger partial charge in [0.2, 0.25) is 21.8 Å². The molecule has 0 aromatic heterocycles. The Morgan fingerprint density at radius 1 is 0.977 bits per heavy atom. The summed E-state index contributed by atoms with van der Waals surface area (Å²) in [5.41, 5.74) is 1.74. The Morgan fingerprint density at radius 2 is 1.65 bits per heavy atom. The molecule has 1 saturated carbocycles. The highest BCUT2D eigenvalue weighted by molar-refractivity contribution is 7.92. The maximum Gasteiger partial charge on any atom is 0.244 e. The van der Waals surface area contributed by atoms with Crippen molar-refractivity contribution in [3.8, 4) is 5.75 Å². The molecule has 0 bridgehead atoms. The van der Waals surface area contributed by atoms with Gasteiger partial charge in [0.05, 0.1) is 19.1 Å². The first-order chi connectivity index (χ1) is 20.5. The highest BCUT2D eigenvalue weighted by Crippen LogP contribution is 2.26. The lowest BCUT2D eigenvalue weighted by Gasteiger charge is -2.35. The second kappa shape index (κ2) is 14.9. The average molecular weight is 647 g/mol. The molecular formula is C32H37Cl2N3O5S. The van der Waals surface area contributed by atoms with E-state index in [9.17, 15) is 18.0 Å². The number of benzene rings is 3. The van der Waals surface area contributed by atoms with Crippen LogP contribution >= 0.6 is 23.2 Å². The van der Waals surface area contributed by atoms with E-state index in [0.29, 0.717) is 27.0 Å². The fraction of sp³-hybridized carbons (Fsp3) is 0.375. The third-order valence-electron chi connectivity index (χ3n) is 7.62. The summed E-state index contributed by atoms with van der Waals surface area (Å²) >= 11 is 12.7. The van der Waals surface area contributed by atoms with E-state index in [4.69, 9.17) is 27.9 Å². The molecule has 0 unspecified atom stereocenters. The molecule has 8 nitrogen and oxygen atoms in total. The maximum atomic E-state index is 14.3. The fourth-order valence-electron chi connectivity index (χ4n) is 5.29. The maximum absolute atomic E-state index is 14.3. The summed E-state index contributed by atoms with van der Waals surface area (Å²) in [7, 11) is -2.37. The normalized spacial score (nSPS) is 14.5. The van der Waals surface area contributed by atoms with Gasteiger partial charge in [-0.1, -0.05) is 78.9 Å². The Balaban J connectivity index is 1.73. The fourth-order valence-corrected chi connectivity index (χ4v) is 6.61. The van der Waals surface area contributed by atoms with Crippen molar-refractivity contribution in [2.75, 3.05) is 24.2 Å². The van der Waals surface area contributed by atoms with Crippen molar-refractivity contribution < 1.29 is 22.7 Å². The molecular weight excluding hydrogens is 609 g/mol. The van der Waals surface area contributed by atoms with Crippen LogP contribution in [0.25, 0.3) is 0 Å². The number of hydrogen-bond donors (Lipinski definition) is 1. The zero-order chi connectivity index (χ0) is 31.0. The SMILES string of the molecule is COc1ccc(N(CC(=O)N(Cc2ccc(Cl)cc2Cl)[C@@H](Cc2ccccc2)C(=O)NC2CCCCC2)S(C)(=O)=O)cc1. The van der Waals surface area contributed by atoms with E-state index >= 15 is 0 Å². The van der Waals surface area contributed by atoms with Crippen molar-refractivity contribution >= 4 is 50.7 Å². The molecule has 0 saturated heterocycles. The van der Waals surface area contributed by atoms with E-state index in [1.807, 2.05) is 30.3 Å². The lowest BCUT2D eigenvalue weighted by atomic mass is 9.94. The van der Waals surface area contributed by atoms with Crippen LogP contribution in [0.2, 0.25) is 10.0 Å². The van der Waals surface area contributed by atoms with Gasteiger partial charge in [0.15, 0.2) is 0 Å². The lowest BCUT2D eigenvalue weighted by molar-refractivity contribution is -0.140.